The van der Waals surface area contributed by atoms with E-state index in [1.807, 2.05) is 12.1 Å². The van der Waals surface area contributed by atoms with Crippen LogP contribution in [0.4, 0.5) is 0 Å². The number of H-pyrrole nitrogens is 1. The third kappa shape index (κ3) is 1.73. The fraction of sp³-hybridized carbons (Fsp3) is 0.182. The van der Waals surface area contributed by atoms with Crippen LogP contribution in [0.1, 0.15) is 17.3 Å². The number of hydrogen-bond donors (Lipinski definition) is 2. The summed E-state index contributed by atoms with van der Waals surface area (Å²) in [6.07, 6.45) is 1.65. The number of para-hydroxylation sites is 1. The van der Waals surface area contributed by atoms with Gasteiger partial charge in [0, 0.05) is 5.39 Å². The minimum Gasteiger partial charge on any atom is -0.336 e. The van der Waals surface area contributed by atoms with Gasteiger partial charge in [-0.25, -0.2) is 0 Å². The molecule has 2 aromatic rings. The van der Waals surface area contributed by atoms with E-state index < -0.39 is 6.04 Å². The standard InChI is InChI=1S/C11H10N4O/c1-7(5-12)14-11(16)9-4-2-3-8-6-13-15-10(8)9/h2-4,6-7H,1H3,(H,13,15)(H,14,16). The molecule has 0 fully saturated rings. The van der Waals surface area contributed by atoms with Crippen LogP contribution in [-0.4, -0.2) is 22.1 Å². The number of carbonyl (C=O) groups excluding carboxylic acids is 1. The molecule has 1 amide bonds. The first-order valence-corrected chi connectivity index (χ1v) is 4.85. The lowest BCUT2D eigenvalue weighted by Gasteiger charge is -2.06. The number of fused-ring (bicyclic) bond motifs is 1. The molecule has 2 N–H and O–H groups in total. The number of benzene rings is 1. The number of aromatic amines is 1. The lowest BCUT2D eigenvalue weighted by Crippen LogP contribution is -2.31. The summed E-state index contributed by atoms with van der Waals surface area (Å²) in [5.41, 5.74) is 1.18. The number of nitriles is 1. The minimum atomic E-state index is -0.509. The maximum atomic E-state index is 11.8. The largest absolute Gasteiger partial charge is 0.336 e. The average Bonchev–Trinajstić information content (AvgIpc) is 2.76. The van der Waals surface area contributed by atoms with Gasteiger partial charge < -0.3 is 5.32 Å². The molecule has 1 unspecified atom stereocenters. The number of aromatic nitrogens is 2. The summed E-state index contributed by atoms with van der Waals surface area (Å²) < 4.78 is 0. The van der Waals surface area contributed by atoms with Crippen LogP contribution in [0.15, 0.2) is 24.4 Å². The molecule has 0 aliphatic heterocycles. The van der Waals surface area contributed by atoms with Crippen LogP contribution in [0.5, 0.6) is 0 Å². The Kier molecular flexibility index (Phi) is 2.56. The van der Waals surface area contributed by atoms with Gasteiger partial charge in [-0.1, -0.05) is 12.1 Å². The number of nitrogens with one attached hydrogen (secondary N) is 2. The number of rotatable bonds is 2. The van der Waals surface area contributed by atoms with Crippen molar-refractivity contribution in [2.24, 2.45) is 0 Å². The number of carbonyl (C=O) groups is 1. The highest BCUT2D eigenvalue weighted by atomic mass is 16.1. The summed E-state index contributed by atoms with van der Waals surface area (Å²) in [4.78, 5) is 11.8. The molecule has 1 aromatic carbocycles. The van der Waals surface area contributed by atoms with Gasteiger partial charge in [-0.15, -0.1) is 0 Å². The Morgan fingerprint density at radius 2 is 2.44 bits per heavy atom. The molecule has 0 saturated carbocycles. The SMILES string of the molecule is CC(C#N)NC(=O)c1cccc2cn[nH]c12. The van der Waals surface area contributed by atoms with Crippen molar-refractivity contribution in [3.05, 3.63) is 30.0 Å². The molecule has 5 heteroatoms. The zero-order valence-corrected chi connectivity index (χ0v) is 8.69. The highest BCUT2D eigenvalue weighted by Gasteiger charge is 2.12. The van der Waals surface area contributed by atoms with Gasteiger partial charge in [-0.2, -0.15) is 10.4 Å². The second-order valence-corrected chi connectivity index (χ2v) is 3.46. The topological polar surface area (TPSA) is 81.6 Å². The quantitative estimate of drug-likeness (QED) is 0.788. The fourth-order valence-corrected chi connectivity index (χ4v) is 1.46. The van der Waals surface area contributed by atoms with E-state index in [2.05, 4.69) is 15.5 Å². The Bertz CT molecular complexity index is 567. The van der Waals surface area contributed by atoms with E-state index in [9.17, 15) is 4.79 Å². The monoisotopic (exact) mass is 214 g/mol. The predicted octanol–water partition coefficient (Wildman–Crippen LogP) is 1.20. The zero-order valence-electron chi connectivity index (χ0n) is 8.69. The Balaban J connectivity index is 2.37. The molecule has 0 saturated heterocycles. The molecule has 1 aromatic heterocycles. The minimum absolute atomic E-state index is 0.274. The number of hydrogen-bond acceptors (Lipinski definition) is 3. The summed E-state index contributed by atoms with van der Waals surface area (Å²) in [5, 5.41) is 18.7. The van der Waals surface area contributed by atoms with E-state index in [-0.39, 0.29) is 5.91 Å². The van der Waals surface area contributed by atoms with Crippen molar-refractivity contribution in [2.75, 3.05) is 0 Å². The summed E-state index contributed by atoms with van der Waals surface area (Å²) in [7, 11) is 0. The van der Waals surface area contributed by atoms with Gasteiger partial charge >= 0.3 is 0 Å². The van der Waals surface area contributed by atoms with Crippen molar-refractivity contribution in [2.45, 2.75) is 13.0 Å². The van der Waals surface area contributed by atoms with Crippen LogP contribution in [-0.2, 0) is 0 Å². The van der Waals surface area contributed by atoms with Crippen LogP contribution >= 0.6 is 0 Å². The van der Waals surface area contributed by atoms with Crippen LogP contribution < -0.4 is 5.32 Å². The summed E-state index contributed by atoms with van der Waals surface area (Å²) in [6.45, 7) is 1.63. The maximum Gasteiger partial charge on any atom is 0.254 e. The van der Waals surface area contributed by atoms with Gasteiger partial charge in [-0.05, 0) is 13.0 Å². The number of amides is 1. The normalized spacial score (nSPS) is 12.0. The molecule has 0 bridgehead atoms. The van der Waals surface area contributed by atoms with Gasteiger partial charge in [-0.3, -0.25) is 9.89 Å². The van der Waals surface area contributed by atoms with Gasteiger partial charge in [0.1, 0.15) is 6.04 Å². The highest BCUT2D eigenvalue weighted by Crippen LogP contribution is 2.15. The van der Waals surface area contributed by atoms with E-state index in [0.717, 1.165) is 5.39 Å². The van der Waals surface area contributed by atoms with Crippen molar-refractivity contribution in [1.29, 1.82) is 5.26 Å². The molecular weight excluding hydrogens is 204 g/mol. The van der Waals surface area contributed by atoms with Crippen molar-refractivity contribution in [1.82, 2.24) is 15.5 Å². The molecule has 2 rings (SSSR count). The summed E-state index contributed by atoms with van der Waals surface area (Å²) >= 11 is 0. The Morgan fingerprint density at radius 1 is 1.62 bits per heavy atom. The van der Waals surface area contributed by atoms with E-state index in [0.29, 0.717) is 11.1 Å². The van der Waals surface area contributed by atoms with Crippen molar-refractivity contribution in [3.8, 4) is 6.07 Å². The third-order valence-electron chi connectivity index (χ3n) is 2.26. The second kappa shape index (κ2) is 4.03. The molecular formula is C11H10N4O. The molecule has 16 heavy (non-hydrogen) atoms. The van der Waals surface area contributed by atoms with Crippen molar-refractivity contribution >= 4 is 16.8 Å². The van der Waals surface area contributed by atoms with E-state index in [1.165, 1.54) is 0 Å². The zero-order chi connectivity index (χ0) is 11.5. The predicted molar refractivity (Wildman–Crippen MR) is 58.6 cm³/mol. The van der Waals surface area contributed by atoms with Gasteiger partial charge in [0.05, 0.1) is 23.3 Å². The third-order valence-corrected chi connectivity index (χ3v) is 2.26. The lowest BCUT2D eigenvalue weighted by molar-refractivity contribution is 0.0949. The smallest absolute Gasteiger partial charge is 0.254 e. The van der Waals surface area contributed by atoms with Crippen LogP contribution in [0.2, 0.25) is 0 Å². The molecule has 80 valence electrons. The summed E-state index contributed by atoms with van der Waals surface area (Å²) in [6, 6.07) is 6.78. The van der Waals surface area contributed by atoms with Crippen molar-refractivity contribution in [3.63, 3.8) is 0 Å². The highest BCUT2D eigenvalue weighted by molar-refractivity contribution is 6.05. The molecule has 1 heterocycles. The Labute approximate surface area is 92.1 Å². The van der Waals surface area contributed by atoms with Gasteiger partial charge in [0.15, 0.2) is 0 Å². The van der Waals surface area contributed by atoms with E-state index in [4.69, 9.17) is 5.26 Å². The maximum absolute atomic E-state index is 11.8. The fourth-order valence-electron chi connectivity index (χ4n) is 1.46. The second-order valence-electron chi connectivity index (χ2n) is 3.46. The molecule has 0 radical (unpaired) electrons. The lowest BCUT2D eigenvalue weighted by atomic mass is 10.1. The molecule has 1 atom stereocenters. The van der Waals surface area contributed by atoms with Gasteiger partial charge in [0.25, 0.3) is 5.91 Å². The van der Waals surface area contributed by atoms with Crippen LogP contribution in [0.3, 0.4) is 0 Å². The number of nitrogens with zero attached hydrogens (tertiary/aromatic N) is 2. The van der Waals surface area contributed by atoms with E-state index >= 15 is 0 Å². The van der Waals surface area contributed by atoms with Crippen LogP contribution in [0, 0.1) is 11.3 Å². The van der Waals surface area contributed by atoms with Gasteiger partial charge in [0.2, 0.25) is 0 Å². The molecule has 5 nitrogen and oxygen atoms in total. The van der Waals surface area contributed by atoms with E-state index in [1.54, 1.807) is 25.3 Å². The Morgan fingerprint density at radius 3 is 3.19 bits per heavy atom. The Hall–Kier alpha value is -2.35. The van der Waals surface area contributed by atoms with Crippen LogP contribution in [0.25, 0.3) is 10.9 Å². The average molecular weight is 214 g/mol. The first kappa shape index (κ1) is 10.2. The summed E-state index contributed by atoms with van der Waals surface area (Å²) in [5.74, 6) is -0.274. The first-order valence-electron chi connectivity index (χ1n) is 4.85. The molecule has 0 aliphatic carbocycles. The molecule has 0 spiro atoms. The van der Waals surface area contributed by atoms with Crippen molar-refractivity contribution < 1.29 is 4.79 Å². The first-order chi connectivity index (χ1) is 7.72. The molecule has 0 aliphatic rings.